The number of fused-ring (bicyclic) bond motifs is 1. The van der Waals surface area contributed by atoms with Crippen LogP contribution in [-0.2, 0) is 22.6 Å². The maximum Gasteiger partial charge on any atom is 0.224 e. The van der Waals surface area contributed by atoms with Gasteiger partial charge in [-0.2, -0.15) is 0 Å². The van der Waals surface area contributed by atoms with E-state index in [0.29, 0.717) is 19.5 Å². The molecule has 4 nitrogen and oxygen atoms in total. The molecule has 2 N–H and O–H groups in total. The molecule has 0 unspecified atom stereocenters. The standard InChI is InChI=1S/C12H14N2O2/c15-6-5-13-8-9-1-3-11-10(7-9)2-4-12(16)14-11/h1,3,6-7,13H,2,4-5,8H2,(H,14,16). The Morgan fingerprint density at radius 2 is 2.25 bits per heavy atom. The second-order valence-corrected chi connectivity index (χ2v) is 3.84. The zero-order valence-electron chi connectivity index (χ0n) is 8.95. The third-order valence-electron chi connectivity index (χ3n) is 2.62. The number of anilines is 1. The quantitative estimate of drug-likeness (QED) is 0.582. The number of hydrogen-bond acceptors (Lipinski definition) is 3. The Hall–Kier alpha value is -1.68. The lowest BCUT2D eigenvalue weighted by molar-refractivity contribution is -0.116. The van der Waals surface area contributed by atoms with Gasteiger partial charge in [0, 0.05) is 18.7 Å². The average Bonchev–Trinajstić information content (AvgIpc) is 2.29. The van der Waals surface area contributed by atoms with Gasteiger partial charge in [-0.25, -0.2) is 0 Å². The largest absolute Gasteiger partial charge is 0.326 e. The fraction of sp³-hybridized carbons (Fsp3) is 0.333. The number of nitrogens with one attached hydrogen (secondary N) is 2. The van der Waals surface area contributed by atoms with Crippen molar-refractivity contribution in [1.82, 2.24) is 5.32 Å². The fourth-order valence-corrected chi connectivity index (χ4v) is 1.82. The van der Waals surface area contributed by atoms with Crippen molar-refractivity contribution >= 4 is 17.9 Å². The molecular formula is C12H14N2O2. The summed E-state index contributed by atoms with van der Waals surface area (Å²) in [7, 11) is 0. The van der Waals surface area contributed by atoms with Crippen LogP contribution in [0.15, 0.2) is 18.2 Å². The third kappa shape index (κ3) is 2.46. The molecule has 1 aromatic rings. The summed E-state index contributed by atoms with van der Waals surface area (Å²) in [5.41, 5.74) is 3.22. The Morgan fingerprint density at radius 1 is 1.38 bits per heavy atom. The van der Waals surface area contributed by atoms with Crippen LogP contribution in [0.2, 0.25) is 0 Å². The molecule has 0 atom stereocenters. The van der Waals surface area contributed by atoms with Gasteiger partial charge in [0.2, 0.25) is 5.91 Å². The molecule has 0 fully saturated rings. The summed E-state index contributed by atoms with van der Waals surface area (Å²) >= 11 is 0. The fourth-order valence-electron chi connectivity index (χ4n) is 1.82. The van der Waals surface area contributed by atoms with E-state index in [1.807, 2.05) is 12.1 Å². The molecule has 0 aliphatic carbocycles. The molecule has 1 aliphatic rings. The lowest BCUT2D eigenvalue weighted by Crippen LogP contribution is -2.20. The number of carbonyl (C=O) groups is 2. The number of carbonyl (C=O) groups excluding carboxylic acids is 2. The first-order valence-electron chi connectivity index (χ1n) is 5.35. The van der Waals surface area contributed by atoms with E-state index in [4.69, 9.17) is 0 Å². The molecule has 0 bridgehead atoms. The van der Waals surface area contributed by atoms with Gasteiger partial charge in [-0.15, -0.1) is 0 Å². The van der Waals surface area contributed by atoms with Crippen LogP contribution in [0.25, 0.3) is 0 Å². The average molecular weight is 218 g/mol. The van der Waals surface area contributed by atoms with E-state index in [1.165, 1.54) is 5.56 Å². The maximum atomic E-state index is 11.2. The highest BCUT2D eigenvalue weighted by molar-refractivity contribution is 5.93. The Kier molecular flexibility index (Phi) is 3.31. The van der Waals surface area contributed by atoms with Crippen molar-refractivity contribution in [2.24, 2.45) is 0 Å². The Morgan fingerprint density at radius 3 is 3.06 bits per heavy atom. The Labute approximate surface area is 94.0 Å². The summed E-state index contributed by atoms with van der Waals surface area (Å²) in [5.74, 6) is 0.0827. The number of aryl methyl sites for hydroxylation is 1. The summed E-state index contributed by atoms with van der Waals surface area (Å²) in [5, 5.41) is 5.85. The first-order valence-corrected chi connectivity index (χ1v) is 5.35. The van der Waals surface area contributed by atoms with Gasteiger partial charge in [0.1, 0.15) is 6.29 Å². The van der Waals surface area contributed by atoms with E-state index in [2.05, 4.69) is 16.7 Å². The van der Waals surface area contributed by atoms with Gasteiger partial charge in [-0.05, 0) is 23.6 Å². The summed E-state index contributed by atoms with van der Waals surface area (Å²) in [4.78, 5) is 21.3. The number of amides is 1. The maximum absolute atomic E-state index is 11.2. The minimum Gasteiger partial charge on any atom is -0.326 e. The van der Waals surface area contributed by atoms with Crippen LogP contribution in [0.5, 0.6) is 0 Å². The molecule has 2 rings (SSSR count). The van der Waals surface area contributed by atoms with E-state index in [1.54, 1.807) is 0 Å². The number of rotatable bonds is 4. The first kappa shape index (κ1) is 10.8. The van der Waals surface area contributed by atoms with E-state index < -0.39 is 0 Å². The smallest absolute Gasteiger partial charge is 0.224 e. The highest BCUT2D eigenvalue weighted by atomic mass is 16.1. The molecule has 4 heteroatoms. The monoisotopic (exact) mass is 218 g/mol. The van der Waals surface area contributed by atoms with Crippen LogP contribution in [0.4, 0.5) is 5.69 Å². The predicted octanol–water partition coefficient (Wildman–Crippen LogP) is 0.860. The molecule has 16 heavy (non-hydrogen) atoms. The SMILES string of the molecule is O=CCNCc1ccc2c(c1)CCC(=O)N2. The summed E-state index contributed by atoms with van der Waals surface area (Å²) in [6, 6.07) is 5.96. The Bertz CT molecular complexity index is 415. The van der Waals surface area contributed by atoms with Gasteiger partial charge >= 0.3 is 0 Å². The predicted molar refractivity (Wildman–Crippen MR) is 61.2 cm³/mol. The molecule has 0 saturated heterocycles. The second kappa shape index (κ2) is 4.90. The van der Waals surface area contributed by atoms with Gasteiger partial charge < -0.3 is 15.4 Å². The molecule has 1 aromatic carbocycles. The van der Waals surface area contributed by atoms with E-state index in [9.17, 15) is 9.59 Å². The molecule has 84 valence electrons. The summed E-state index contributed by atoms with van der Waals surface area (Å²) < 4.78 is 0. The molecule has 0 spiro atoms. The molecular weight excluding hydrogens is 204 g/mol. The van der Waals surface area contributed by atoms with Gasteiger partial charge in [0.25, 0.3) is 0 Å². The highest BCUT2D eigenvalue weighted by Gasteiger charge is 2.14. The number of aldehydes is 1. The van der Waals surface area contributed by atoms with Gasteiger partial charge in [0.15, 0.2) is 0 Å². The Balaban J connectivity index is 2.07. The number of hydrogen-bond donors (Lipinski definition) is 2. The van der Waals surface area contributed by atoms with Crippen LogP contribution >= 0.6 is 0 Å². The molecule has 1 amide bonds. The van der Waals surface area contributed by atoms with Crippen molar-refractivity contribution in [3.8, 4) is 0 Å². The zero-order chi connectivity index (χ0) is 11.4. The van der Waals surface area contributed by atoms with Crippen LogP contribution in [0.1, 0.15) is 17.5 Å². The number of benzene rings is 1. The van der Waals surface area contributed by atoms with Crippen molar-refractivity contribution in [3.63, 3.8) is 0 Å². The molecule has 1 heterocycles. The van der Waals surface area contributed by atoms with Crippen molar-refractivity contribution in [1.29, 1.82) is 0 Å². The normalized spacial score (nSPS) is 14.1. The van der Waals surface area contributed by atoms with Gasteiger partial charge in [-0.1, -0.05) is 12.1 Å². The minimum absolute atomic E-state index is 0.0827. The van der Waals surface area contributed by atoms with Crippen molar-refractivity contribution < 1.29 is 9.59 Å². The van der Waals surface area contributed by atoms with E-state index in [-0.39, 0.29) is 5.91 Å². The first-order chi connectivity index (χ1) is 7.79. The lowest BCUT2D eigenvalue weighted by atomic mass is 10.0. The van der Waals surface area contributed by atoms with Crippen LogP contribution < -0.4 is 10.6 Å². The van der Waals surface area contributed by atoms with Crippen molar-refractivity contribution in [3.05, 3.63) is 29.3 Å². The second-order valence-electron chi connectivity index (χ2n) is 3.84. The van der Waals surface area contributed by atoms with Gasteiger partial charge in [-0.3, -0.25) is 4.79 Å². The summed E-state index contributed by atoms with van der Waals surface area (Å²) in [6.45, 7) is 1.05. The van der Waals surface area contributed by atoms with Gasteiger partial charge in [0.05, 0.1) is 6.54 Å². The zero-order valence-corrected chi connectivity index (χ0v) is 8.95. The molecule has 1 aliphatic heterocycles. The van der Waals surface area contributed by atoms with Crippen molar-refractivity contribution in [2.75, 3.05) is 11.9 Å². The topological polar surface area (TPSA) is 58.2 Å². The van der Waals surface area contributed by atoms with Crippen LogP contribution in [-0.4, -0.2) is 18.7 Å². The highest BCUT2D eigenvalue weighted by Crippen LogP contribution is 2.23. The summed E-state index contributed by atoms with van der Waals surface area (Å²) in [6.07, 6.45) is 2.19. The molecule has 0 radical (unpaired) electrons. The van der Waals surface area contributed by atoms with Crippen LogP contribution in [0, 0.1) is 0 Å². The van der Waals surface area contributed by atoms with Crippen molar-refractivity contribution in [2.45, 2.75) is 19.4 Å². The van der Waals surface area contributed by atoms with E-state index >= 15 is 0 Å². The third-order valence-corrected chi connectivity index (χ3v) is 2.62. The molecule has 0 aromatic heterocycles. The minimum atomic E-state index is 0.0827. The van der Waals surface area contributed by atoms with E-state index in [0.717, 1.165) is 24.0 Å². The van der Waals surface area contributed by atoms with Crippen LogP contribution in [0.3, 0.4) is 0 Å². The lowest BCUT2D eigenvalue weighted by Gasteiger charge is -2.17. The molecule has 0 saturated carbocycles.